The largest absolute Gasteiger partial charge is 0.482 e. The van der Waals surface area contributed by atoms with Gasteiger partial charge in [0.15, 0.2) is 12.7 Å². The number of benzene rings is 1. The second-order valence-electron chi connectivity index (χ2n) is 8.79. The molecule has 1 N–H and O–H groups in total. The summed E-state index contributed by atoms with van der Waals surface area (Å²) in [5, 5.41) is 3.23. The van der Waals surface area contributed by atoms with Crippen LogP contribution in [0.2, 0.25) is 0 Å². The van der Waals surface area contributed by atoms with E-state index >= 15 is 0 Å². The summed E-state index contributed by atoms with van der Waals surface area (Å²) in [5.41, 5.74) is 0.438. The zero-order valence-electron chi connectivity index (χ0n) is 16.2. The Morgan fingerprint density at radius 1 is 1.11 bits per heavy atom. The molecule has 0 radical (unpaired) electrons. The van der Waals surface area contributed by atoms with E-state index in [2.05, 4.69) is 5.32 Å². The van der Waals surface area contributed by atoms with Crippen molar-refractivity contribution in [2.75, 3.05) is 6.61 Å². The summed E-state index contributed by atoms with van der Waals surface area (Å²) in [5.74, 6) is 1.88. The third-order valence-electron chi connectivity index (χ3n) is 6.48. The SMILES string of the molecule is C[C@@H](OC(=O)COc1ccc(C=O)cc1)C(=O)NC12CC3CC(CC(C3)C1)C2. The number of carbonyl (C=O) groups excluding carboxylic acids is 3. The molecule has 4 fully saturated rings. The molecule has 0 heterocycles. The maximum absolute atomic E-state index is 12.6. The lowest BCUT2D eigenvalue weighted by atomic mass is 9.53. The molecule has 0 aromatic heterocycles. The van der Waals surface area contributed by atoms with E-state index < -0.39 is 12.1 Å². The molecule has 4 bridgehead atoms. The van der Waals surface area contributed by atoms with Gasteiger partial charge in [-0.1, -0.05) is 0 Å². The van der Waals surface area contributed by atoms with Gasteiger partial charge in [0.05, 0.1) is 0 Å². The molecule has 5 rings (SSSR count). The predicted octanol–water partition coefficient (Wildman–Crippen LogP) is 2.89. The second-order valence-corrected chi connectivity index (χ2v) is 8.79. The molecule has 1 aromatic carbocycles. The molecule has 0 unspecified atom stereocenters. The zero-order valence-corrected chi connectivity index (χ0v) is 16.2. The molecule has 1 aromatic rings. The van der Waals surface area contributed by atoms with Crippen LogP contribution in [0.3, 0.4) is 0 Å². The topological polar surface area (TPSA) is 81.7 Å². The van der Waals surface area contributed by atoms with E-state index in [0.29, 0.717) is 11.3 Å². The van der Waals surface area contributed by atoms with Gasteiger partial charge in [-0.3, -0.25) is 9.59 Å². The standard InChI is InChI=1S/C22H27NO5/c1-14(28-20(25)13-27-19-4-2-15(12-24)3-5-19)21(26)23-22-9-16-6-17(10-22)8-18(7-16)11-22/h2-5,12,14,16-18H,6-11,13H2,1H3,(H,23,26)/t14-,16?,17?,18?,22?/m1/s1. The molecule has 4 aliphatic carbocycles. The Morgan fingerprint density at radius 2 is 1.68 bits per heavy atom. The lowest BCUT2D eigenvalue weighted by Gasteiger charge is -2.57. The van der Waals surface area contributed by atoms with E-state index in [1.807, 2.05) is 0 Å². The summed E-state index contributed by atoms with van der Waals surface area (Å²) >= 11 is 0. The number of nitrogens with one attached hydrogen (secondary N) is 1. The molecule has 1 amide bonds. The van der Waals surface area contributed by atoms with Crippen molar-refractivity contribution in [1.29, 1.82) is 0 Å². The fourth-order valence-electron chi connectivity index (χ4n) is 5.70. The van der Waals surface area contributed by atoms with Gasteiger partial charge >= 0.3 is 5.97 Å². The first kappa shape index (κ1) is 19.0. The fraction of sp³-hybridized carbons (Fsp3) is 0.591. The first-order chi connectivity index (χ1) is 13.4. The van der Waals surface area contributed by atoms with Gasteiger partial charge < -0.3 is 14.8 Å². The molecule has 6 nitrogen and oxygen atoms in total. The smallest absolute Gasteiger partial charge is 0.344 e. The van der Waals surface area contributed by atoms with Crippen molar-refractivity contribution in [2.24, 2.45) is 17.8 Å². The molecule has 4 saturated carbocycles. The Labute approximate surface area is 165 Å². The van der Waals surface area contributed by atoms with Crippen LogP contribution in [-0.2, 0) is 14.3 Å². The molecule has 150 valence electrons. The highest BCUT2D eigenvalue weighted by Crippen LogP contribution is 2.55. The van der Waals surface area contributed by atoms with Gasteiger partial charge in [0, 0.05) is 11.1 Å². The molecule has 0 saturated heterocycles. The minimum absolute atomic E-state index is 0.0939. The average Bonchev–Trinajstić information content (AvgIpc) is 2.65. The van der Waals surface area contributed by atoms with Crippen molar-refractivity contribution in [3.63, 3.8) is 0 Å². The van der Waals surface area contributed by atoms with Gasteiger partial charge in [0.2, 0.25) is 0 Å². The summed E-state index contributed by atoms with van der Waals surface area (Å²) in [4.78, 5) is 35.3. The van der Waals surface area contributed by atoms with Crippen LogP contribution in [0.5, 0.6) is 5.75 Å². The van der Waals surface area contributed by atoms with Crippen LogP contribution in [0.4, 0.5) is 0 Å². The number of esters is 1. The highest BCUT2D eigenvalue weighted by molar-refractivity contribution is 5.84. The van der Waals surface area contributed by atoms with Gasteiger partial charge in [-0.05, 0) is 87.5 Å². The van der Waals surface area contributed by atoms with E-state index in [4.69, 9.17) is 9.47 Å². The highest BCUT2D eigenvalue weighted by atomic mass is 16.6. The summed E-state index contributed by atoms with van der Waals surface area (Å²) in [6.45, 7) is 1.32. The summed E-state index contributed by atoms with van der Waals surface area (Å²) in [7, 11) is 0. The Morgan fingerprint density at radius 3 is 2.21 bits per heavy atom. The van der Waals surface area contributed by atoms with Crippen LogP contribution in [0.15, 0.2) is 24.3 Å². The van der Waals surface area contributed by atoms with E-state index in [1.54, 1.807) is 31.2 Å². The molecule has 1 atom stereocenters. The van der Waals surface area contributed by atoms with Crippen LogP contribution >= 0.6 is 0 Å². The van der Waals surface area contributed by atoms with Gasteiger partial charge in [0.1, 0.15) is 12.0 Å². The normalized spacial score (nSPS) is 31.1. The van der Waals surface area contributed by atoms with E-state index in [1.165, 1.54) is 19.3 Å². The van der Waals surface area contributed by atoms with Crippen molar-refractivity contribution >= 4 is 18.2 Å². The van der Waals surface area contributed by atoms with Crippen LogP contribution in [0, 0.1) is 17.8 Å². The van der Waals surface area contributed by atoms with Gasteiger partial charge in [-0.2, -0.15) is 0 Å². The third-order valence-corrected chi connectivity index (χ3v) is 6.48. The number of amides is 1. The Kier molecular flexibility index (Phi) is 5.13. The van der Waals surface area contributed by atoms with Gasteiger partial charge in [-0.15, -0.1) is 0 Å². The first-order valence-corrected chi connectivity index (χ1v) is 10.1. The minimum atomic E-state index is -0.846. The van der Waals surface area contributed by atoms with Gasteiger partial charge in [-0.25, -0.2) is 4.79 Å². The lowest BCUT2D eigenvalue weighted by molar-refractivity contribution is -0.158. The number of rotatable bonds is 7. The second kappa shape index (κ2) is 7.57. The Bertz CT molecular complexity index is 721. The highest BCUT2D eigenvalue weighted by Gasteiger charge is 2.51. The number of ether oxygens (including phenoxy) is 2. The molecular weight excluding hydrogens is 358 g/mol. The monoisotopic (exact) mass is 385 g/mol. The Balaban J connectivity index is 1.26. The van der Waals surface area contributed by atoms with E-state index in [0.717, 1.165) is 43.3 Å². The summed E-state index contributed by atoms with van der Waals surface area (Å²) in [6, 6.07) is 6.44. The van der Waals surface area contributed by atoms with Crippen molar-refractivity contribution in [3.8, 4) is 5.75 Å². The first-order valence-electron chi connectivity index (χ1n) is 10.1. The van der Waals surface area contributed by atoms with Crippen molar-refractivity contribution in [2.45, 2.75) is 57.1 Å². The summed E-state index contributed by atoms with van der Waals surface area (Å²) in [6.07, 6.45) is 7.01. The lowest BCUT2D eigenvalue weighted by Crippen LogP contribution is -2.61. The van der Waals surface area contributed by atoms with E-state index in [9.17, 15) is 14.4 Å². The Hall–Kier alpha value is -2.37. The molecule has 0 spiro atoms. The van der Waals surface area contributed by atoms with Crippen LogP contribution in [0.1, 0.15) is 55.8 Å². The number of hydrogen-bond donors (Lipinski definition) is 1. The van der Waals surface area contributed by atoms with Crippen molar-refractivity contribution < 1.29 is 23.9 Å². The summed E-state index contributed by atoms with van der Waals surface area (Å²) < 4.78 is 10.6. The van der Waals surface area contributed by atoms with Crippen LogP contribution in [0.25, 0.3) is 0 Å². The van der Waals surface area contributed by atoms with Crippen LogP contribution < -0.4 is 10.1 Å². The van der Waals surface area contributed by atoms with E-state index in [-0.39, 0.29) is 18.1 Å². The van der Waals surface area contributed by atoms with Gasteiger partial charge in [0.25, 0.3) is 5.91 Å². The third kappa shape index (κ3) is 4.05. The quantitative estimate of drug-likeness (QED) is 0.576. The number of hydrogen-bond acceptors (Lipinski definition) is 5. The number of carbonyl (C=O) groups is 3. The number of aldehydes is 1. The molecule has 28 heavy (non-hydrogen) atoms. The zero-order chi connectivity index (χ0) is 19.7. The maximum Gasteiger partial charge on any atom is 0.344 e. The fourth-order valence-corrected chi connectivity index (χ4v) is 5.70. The molecular formula is C22H27NO5. The molecule has 6 heteroatoms. The maximum atomic E-state index is 12.6. The minimum Gasteiger partial charge on any atom is -0.482 e. The predicted molar refractivity (Wildman–Crippen MR) is 102 cm³/mol. The molecule has 4 aliphatic rings. The van der Waals surface area contributed by atoms with Crippen molar-refractivity contribution in [3.05, 3.63) is 29.8 Å². The molecule has 0 aliphatic heterocycles. The van der Waals surface area contributed by atoms with Crippen molar-refractivity contribution in [1.82, 2.24) is 5.32 Å². The average molecular weight is 385 g/mol. The van der Waals surface area contributed by atoms with Crippen LogP contribution in [-0.4, -0.2) is 36.4 Å².